The van der Waals surface area contributed by atoms with Crippen LogP contribution in [0, 0.1) is 0 Å². The fourth-order valence-electron chi connectivity index (χ4n) is 3.45. The first kappa shape index (κ1) is 16.8. The summed E-state index contributed by atoms with van der Waals surface area (Å²) in [7, 11) is 1.56. The number of hydrogen-bond donors (Lipinski definition) is 1. The van der Waals surface area contributed by atoms with E-state index >= 15 is 0 Å². The van der Waals surface area contributed by atoms with Crippen molar-refractivity contribution in [3.8, 4) is 5.88 Å². The Kier molecular flexibility index (Phi) is 5.05. The van der Waals surface area contributed by atoms with E-state index in [1.165, 1.54) is 0 Å². The Hall–Kier alpha value is -2.07. The van der Waals surface area contributed by atoms with E-state index in [1.54, 1.807) is 25.4 Å². The number of anilines is 1. The second-order valence-electron chi connectivity index (χ2n) is 6.17. The van der Waals surface area contributed by atoms with Gasteiger partial charge >= 0.3 is 0 Å². The lowest BCUT2D eigenvalue weighted by atomic mass is 9.68. The molecular formula is C19H21ClN2O2. The molecule has 1 aliphatic carbocycles. The van der Waals surface area contributed by atoms with Gasteiger partial charge in [0.15, 0.2) is 0 Å². The van der Waals surface area contributed by atoms with Crippen LogP contribution in [0.4, 0.5) is 5.69 Å². The second-order valence-corrected chi connectivity index (χ2v) is 6.57. The zero-order valence-electron chi connectivity index (χ0n) is 13.7. The fraction of sp³-hybridized carbons (Fsp3) is 0.368. The maximum Gasteiger partial charge on any atom is 0.235 e. The van der Waals surface area contributed by atoms with Gasteiger partial charge < -0.3 is 10.1 Å². The molecule has 5 heteroatoms. The van der Waals surface area contributed by atoms with E-state index in [9.17, 15) is 4.79 Å². The van der Waals surface area contributed by atoms with Crippen LogP contribution in [0.5, 0.6) is 5.88 Å². The molecule has 0 aliphatic heterocycles. The summed E-state index contributed by atoms with van der Waals surface area (Å²) in [5.41, 5.74) is 1.01. The predicted octanol–water partition coefficient (Wildman–Crippen LogP) is 4.58. The smallest absolute Gasteiger partial charge is 0.235 e. The molecule has 2 aromatic rings. The Morgan fingerprint density at radius 1 is 1.17 bits per heavy atom. The van der Waals surface area contributed by atoms with Crippen LogP contribution in [0.1, 0.15) is 37.7 Å². The highest BCUT2D eigenvalue weighted by molar-refractivity contribution is 6.31. The molecule has 3 rings (SSSR count). The SMILES string of the molecule is COc1ccc(NC(=O)C2(c3ccccc3Cl)CCCCC2)cn1. The van der Waals surface area contributed by atoms with Gasteiger partial charge in [0.05, 0.1) is 24.4 Å². The van der Waals surface area contributed by atoms with Crippen LogP contribution < -0.4 is 10.1 Å². The second kappa shape index (κ2) is 7.22. The van der Waals surface area contributed by atoms with Crippen molar-refractivity contribution in [2.75, 3.05) is 12.4 Å². The van der Waals surface area contributed by atoms with E-state index in [1.807, 2.05) is 24.3 Å². The third-order valence-electron chi connectivity index (χ3n) is 4.73. The highest BCUT2D eigenvalue weighted by Crippen LogP contribution is 2.43. The van der Waals surface area contributed by atoms with E-state index in [-0.39, 0.29) is 5.91 Å². The van der Waals surface area contributed by atoms with Gasteiger partial charge in [-0.15, -0.1) is 0 Å². The molecule has 1 aromatic carbocycles. The van der Waals surface area contributed by atoms with E-state index < -0.39 is 5.41 Å². The Morgan fingerprint density at radius 3 is 2.54 bits per heavy atom. The zero-order valence-corrected chi connectivity index (χ0v) is 14.5. The lowest BCUT2D eigenvalue weighted by Crippen LogP contribution is -2.42. The van der Waals surface area contributed by atoms with Crippen molar-refractivity contribution in [1.82, 2.24) is 4.98 Å². The van der Waals surface area contributed by atoms with Crippen LogP contribution in [0.15, 0.2) is 42.6 Å². The average molecular weight is 345 g/mol. The molecule has 1 N–H and O–H groups in total. The maximum absolute atomic E-state index is 13.2. The number of hydrogen-bond acceptors (Lipinski definition) is 3. The minimum atomic E-state index is -0.573. The van der Waals surface area contributed by atoms with E-state index in [4.69, 9.17) is 16.3 Å². The molecule has 1 aromatic heterocycles. The fourth-order valence-corrected chi connectivity index (χ4v) is 3.77. The number of methoxy groups -OCH3 is 1. The molecule has 126 valence electrons. The molecular weight excluding hydrogens is 324 g/mol. The summed E-state index contributed by atoms with van der Waals surface area (Å²) in [6.07, 6.45) is 6.45. The molecule has 1 amide bonds. The van der Waals surface area contributed by atoms with E-state index in [0.29, 0.717) is 16.6 Å². The van der Waals surface area contributed by atoms with Crippen LogP contribution in [0.3, 0.4) is 0 Å². The summed E-state index contributed by atoms with van der Waals surface area (Å²) in [6.45, 7) is 0. The lowest BCUT2D eigenvalue weighted by Gasteiger charge is -2.37. The first-order valence-electron chi connectivity index (χ1n) is 8.22. The quantitative estimate of drug-likeness (QED) is 0.882. The molecule has 1 aliphatic rings. The number of halogens is 1. The molecule has 0 spiro atoms. The van der Waals surface area contributed by atoms with Gasteiger partial charge in [-0.2, -0.15) is 0 Å². The summed E-state index contributed by atoms with van der Waals surface area (Å²) in [6, 6.07) is 11.2. The zero-order chi connectivity index (χ0) is 17.0. The predicted molar refractivity (Wildman–Crippen MR) is 95.6 cm³/mol. The van der Waals surface area contributed by atoms with Crippen molar-refractivity contribution in [2.24, 2.45) is 0 Å². The number of carbonyl (C=O) groups excluding carboxylic acids is 1. The summed E-state index contributed by atoms with van der Waals surface area (Å²) in [5.74, 6) is 0.508. The summed E-state index contributed by atoms with van der Waals surface area (Å²) < 4.78 is 5.05. The first-order valence-corrected chi connectivity index (χ1v) is 8.60. The van der Waals surface area contributed by atoms with E-state index in [2.05, 4.69) is 10.3 Å². The number of amides is 1. The number of pyridine rings is 1. The summed E-state index contributed by atoms with van der Waals surface area (Å²) in [5, 5.41) is 3.67. The molecule has 0 unspecified atom stereocenters. The van der Waals surface area contributed by atoms with Gasteiger partial charge in [-0.05, 0) is 30.5 Å². The van der Waals surface area contributed by atoms with Gasteiger partial charge in [0.2, 0.25) is 11.8 Å². The molecule has 1 fully saturated rings. The monoisotopic (exact) mass is 344 g/mol. The minimum Gasteiger partial charge on any atom is -0.481 e. The Morgan fingerprint density at radius 2 is 1.92 bits per heavy atom. The number of carbonyl (C=O) groups is 1. The highest BCUT2D eigenvalue weighted by Gasteiger charge is 2.42. The van der Waals surface area contributed by atoms with Crippen molar-refractivity contribution in [1.29, 1.82) is 0 Å². The Labute approximate surface area is 147 Å². The highest BCUT2D eigenvalue weighted by atomic mass is 35.5. The van der Waals surface area contributed by atoms with Crippen LogP contribution in [0.25, 0.3) is 0 Å². The van der Waals surface area contributed by atoms with Gasteiger partial charge in [0.1, 0.15) is 0 Å². The Bertz CT molecular complexity index is 710. The third-order valence-corrected chi connectivity index (χ3v) is 5.06. The average Bonchev–Trinajstić information content (AvgIpc) is 2.63. The molecule has 24 heavy (non-hydrogen) atoms. The number of ether oxygens (including phenoxy) is 1. The number of nitrogens with zero attached hydrogens (tertiary/aromatic N) is 1. The van der Waals surface area contributed by atoms with Crippen molar-refractivity contribution >= 4 is 23.2 Å². The number of nitrogens with one attached hydrogen (secondary N) is 1. The summed E-state index contributed by atoms with van der Waals surface area (Å²) in [4.78, 5) is 17.3. The van der Waals surface area contributed by atoms with Crippen LogP contribution >= 0.6 is 11.6 Å². The van der Waals surface area contributed by atoms with Crippen molar-refractivity contribution < 1.29 is 9.53 Å². The minimum absolute atomic E-state index is 0.0118. The molecule has 1 saturated carbocycles. The van der Waals surface area contributed by atoms with Gasteiger partial charge in [0, 0.05) is 11.1 Å². The molecule has 1 heterocycles. The third kappa shape index (κ3) is 3.24. The van der Waals surface area contributed by atoms with Crippen LogP contribution in [-0.2, 0) is 10.2 Å². The topological polar surface area (TPSA) is 51.2 Å². The molecule has 4 nitrogen and oxygen atoms in total. The lowest BCUT2D eigenvalue weighted by molar-refractivity contribution is -0.122. The van der Waals surface area contributed by atoms with Crippen molar-refractivity contribution in [3.05, 3.63) is 53.2 Å². The van der Waals surface area contributed by atoms with E-state index in [0.717, 1.165) is 37.7 Å². The Balaban J connectivity index is 1.90. The van der Waals surface area contributed by atoms with Crippen LogP contribution in [0.2, 0.25) is 5.02 Å². The van der Waals surface area contributed by atoms with Gasteiger partial charge in [0.25, 0.3) is 0 Å². The number of aromatic nitrogens is 1. The first-order chi connectivity index (χ1) is 11.7. The maximum atomic E-state index is 13.2. The van der Waals surface area contributed by atoms with Crippen LogP contribution in [-0.4, -0.2) is 18.0 Å². The number of rotatable bonds is 4. The number of benzene rings is 1. The van der Waals surface area contributed by atoms with Gasteiger partial charge in [-0.3, -0.25) is 4.79 Å². The van der Waals surface area contributed by atoms with Crippen molar-refractivity contribution in [3.63, 3.8) is 0 Å². The molecule has 0 atom stereocenters. The summed E-state index contributed by atoms with van der Waals surface area (Å²) >= 11 is 6.42. The van der Waals surface area contributed by atoms with Crippen molar-refractivity contribution in [2.45, 2.75) is 37.5 Å². The largest absolute Gasteiger partial charge is 0.481 e. The van der Waals surface area contributed by atoms with Gasteiger partial charge in [-0.25, -0.2) is 4.98 Å². The normalized spacial score (nSPS) is 16.4. The standard InChI is InChI=1S/C19H21ClN2O2/c1-24-17-10-9-14(13-21-17)22-18(23)19(11-5-2-6-12-19)15-7-3-4-8-16(15)20/h3-4,7-10,13H,2,5-6,11-12H2,1H3,(H,22,23). The molecule has 0 saturated heterocycles. The van der Waals surface area contributed by atoms with Gasteiger partial charge in [-0.1, -0.05) is 49.1 Å². The molecule has 0 radical (unpaired) electrons. The molecule has 0 bridgehead atoms.